The van der Waals surface area contributed by atoms with E-state index in [9.17, 15) is 4.79 Å². The number of halogens is 1. The van der Waals surface area contributed by atoms with Crippen molar-refractivity contribution in [3.05, 3.63) is 35.4 Å². The van der Waals surface area contributed by atoms with Gasteiger partial charge in [-0.25, -0.2) is 0 Å². The number of benzene rings is 1. The van der Waals surface area contributed by atoms with Crippen molar-refractivity contribution in [1.29, 1.82) is 0 Å². The fourth-order valence-electron chi connectivity index (χ4n) is 4.00. The lowest BCUT2D eigenvalue weighted by molar-refractivity contribution is -0.123. The van der Waals surface area contributed by atoms with Crippen LogP contribution in [0.5, 0.6) is 0 Å². The molecule has 0 aromatic heterocycles. The minimum absolute atomic E-state index is 0. The van der Waals surface area contributed by atoms with Crippen LogP contribution < -0.4 is 10.6 Å². The van der Waals surface area contributed by atoms with E-state index in [4.69, 9.17) is 0 Å². The molecule has 6 nitrogen and oxygen atoms in total. The van der Waals surface area contributed by atoms with Crippen LogP contribution in [0.1, 0.15) is 57.1 Å². The van der Waals surface area contributed by atoms with Gasteiger partial charge < -0.3 is 15.5 Å². The van der Waals surface area contributed by atoms with Crippen LogP contribution in [-0.4, -0.2) is 73.5 Å². The third kappa shape index (κ3) is 6.83. The van der Waals surface area contributed by atoms with E-state index in [2.05, 4.69) is 63.5 Å². The van der Waals surface area contributed by atoms with E-state index in [1.54, 1.807) is 0 Å². The number of guanidine groups is 1. The van der Waals surface area contributed by atoms with Gasteiger partial charge in [-0.3, -0.25) is 14.7 Å². The number of amides is 1. The van der Waals surface area contributed by atoms with Crippen LogP contribution in [0.25, 0.3) is 0 Å². The third-order valence-corrected chi connectivity index (χ3v) is 5.84. The molecule has 1 aromatic rings. The minimum Gasteiger partial charge on any atom is -0.353 e. The summed E-state index contributed by atoms with van der Waals surface area (Å²) in [4.78, 5) is 21.0. The van der Waals surface area contributed by atoms with E-state index in [0.717, 1.165) is 38.6 Å². The monoisotopic (exact) mass is 527 g/mol. The number of hydrogen-bond donors (Lipinski definition) is 2. The Morgan fingerprint density at radius 1 is 1.10 bits per heavy atom. The summed E-state index contributed by atoms with van der Waals surface area (Å²) in [5.41, 5.74) is 2.82. The zero-order chi connectivity index (χ0) is 21.0. The number of nitrogens with zero attached hydrogens (tertiary/aromatic N) is 3. The van der Waals surface area contributed by atoms with Gasteiger partial charge in [0.2, 0.25) is 5.91 Å². The predicted octanol–water partition coefficient (Wildman–Crippen LogP) is 3.00. The number of carbonyl (C=O) groups is 1. The fraction of sp³-hybridized carbons (Fsp3) is 0.652. The van der Waals surface area contributed by atoms with Gasteiger partial charge in [-0.2, -0.15) is 0 Å². The summed E-state index contributed by atoms with van der Waals surface area (Å²) in [6, 6.07) is 9.75. The Hall–Kier alpha value is -1.35. The third-order valence-electron chi connectivity index (χ3n) is 5.84. The van der Waals surface area contributed by atoms with Crippen LogP contribution >= 0.6 is 24.0 Å². The molecule has 2 aliphatic rings. The molecular formula is C23H38IN5O. The van der Waals surface area contributed by atoms with E-state index in [1.807, 2.05) is 20.9 Å². The normalized spacial score (nSPS) is 22.1. The molecule has 2 atom stereocenters. The highest BCUT2D eigenvalue weighted by molar-refractivity contribution is 14.0. The predicted molar refractivity (Wildman–Crippen MR) is 135 cm³/mol. The average molecular weight is 527 g/mol. The topological polar surface area (TPSA) is 60.0 Å². The maximum atomic E-state index is 12.0. The number of carbonyl (C=O) groups excluding carboxylic acids is 1. The molecule has 0 bridgehead atoms. The van der Waals surface area contributed by atoms with Gasteiger partial charge in [0.05, 0.1) is 6.54 Å². The molecular weight excluding hydrogens is 489 g/mol. The number of piperazine rings is 1. The molecule has 1 aliphatic heterocycles. The molecule has 3 rings (SSSR count). The van der Waals surface area contributed by atoms with Crippen molar-refractivity contribution in [3.8, 4) is 0 Å². The number of rotatable bonds is 6. The molecule has 1 saturated heterocycles. The molecule has 2 unspecified atom stereocenters. The molecule has 1 aliphatic carbocycles. The largest absolute Gasteiger partial charge is 0.353 e. The maximum Gasteiger partial charge on any atom is 0.234 e. The summed E-state index contributed by atoms with van der Waals surface area (Å²) in [5.74, 6) is 2.25. The molecule has 1 amide bonds. The van der Waals surface area contributed by atoms with Crippen molar-refractivity contribution < 1.29 is 4.79 Å². The highest BCUT2D eigenvalue weighted by Gasteiger charge is 2.39. The molecule has 0 radical (unpaired) electrons. The average Bonchev–Trinajstić information content (AvgIpc) is 3.45. The van der Waals surface area contributed by atoms with Crippen LogP contribution in [0.2, 0.25) is 0 Å². The van der Waals surface area contributed by atoms with Gasteiger partial charge >= 0.3 is 0 Å². The van der Waals surface area contributed by atoms with Crippen LogP contribution in [0.15, 0.2) is 29.3 Å². The summed E-state index contributed by atoms with van der Waals surface area (Å²) >= 11 is 0. The van der Waals surface area contributed by atoms with Gasteiger partial charge in [0.1, 0.15) is 0 Å². The molecule has 168 valence electrons. The number of hydrogen-bond acceptors (Lipinski definition) is 3. The van der Waals surface area contributed by atoms with Gasteiger partial charge in [-0.05, 0) is 37.3 Å². The summed E-state index contributed by atoms with van der Waals surface area (Å²) in [6.45, 7) is 12.5. The fourth-order valence-corrected chi connectivity index (χ4v) is 4.00. The van der Waals surface area contributed by atoms with Crippen LogP contribution in [-0.2, 0) is 4.79 Å². The SMILES string of the molecule is CN=C(NC1CC1c1ccc(C(C)C)cc1)N1CCN(CC(=O)NC(C)C)CC1.I. The van der Waals surface area contributed by atoms with Crippen molar-refractivity contribution in [2.75, 3.05) is 39.8 Å². The first-order valence-corrected chi connectivity index (χ1v) is 11.0. The summed E-state index contributed by atoms with van der Waals surface area (Å²) in [6.07, 6.45) is 1.16. The van der Waals surface area contributed by atoms with Gasteiger partial charge in [0, 0.05) is 51.2 Å². The molecule has 7 heteroatoms. The standard InChI is InChI=1S/C23H37N5O.HI/c1-16(2)18-6-8-19(9-7-18)20-14-21(20)26-23(24-5)28-12-10-27(11-13-28)15-22(29)25-17(3)4;/h6-9,16-17,20-21H,10-15H2,1-5H3,(H,24,26)(H,25,29);1H. The first-order chi connectivity index (χ1) is 13.9. The lowest BCUT2D eigenvalue weighted by Gasteiger charge is -2.36. The summed E-state index contributed by atoms with van der Waals surface area (Å²) < 4.78 is 0. The van der Waals surface area contributed by atoms with Gasteiger partial charge in [0.25, 0.3) is 0 Å². The Kier molecular flexibility index (Phi) is 9.40. The van der Waals surface area contributed by atoms with Crippen LogP contribution in [0.4, 0.5) is 0 Å². The van der Waals surface area contributed by atoms with Gasteiger partial charge in [-0.1, -0.05) is 38.1 Å². The van der Waals surface area contributed by atoms with E-state index >= 15 is 0 Å². The van der Waals surface area contributed by atoms with Crippen molar-refractivity contribution in [2.24, 2.45) is 4.99 Å². The first-order valence-electron chi connectivity index (χ1n) is 11.0. The minimum atomic E-state index is 0. The Labute approximate surface area is 198 Å². The lowest BCUT2D eigenvalue weighted by atomic mass is 10.0. The second-order valence-electron chi connectivity index (χ2n) is 8.95. The van der Waals surface area contributed by atoms with E-state index in [0.29, 0.717) is 24.4 Å². The van der Waals surface area contributed by atoms with E-state index in [1.165, 1.54) is 11.1 Å². The zero-order valence-corrected chi connectivity index (χ0v) is 21.3. The number of aliphatic imine (C=N–C) groups is 1. The Morgan fingerprint density at radius 3 is 2.27 bits per heavy atom. The van der Waals surface area contributed by atoms with Crippen molar-refractivity contribution in [2.45, 2.75) is 58.0 Å². The highest BCUT2D eigenvalue weighted by Crippen LogP contribution is 2.41. The van der Waals surface area contributed by atoms with Crippen molar-refractivity contribution >= 4 is 35.8 Å². The number of nitrogens with one attached hydrogen (secondary N) is 2. The van der Waals surface area contributed by atoms with E-state index in [-0.39, 0.29) is 35.9 Å². The molecule has 0 spiro atoms. The van der Waals surface area contributed by atoms with Crippen LogP contribution in [0, 0.1) is 0 Å². The van der Waals surface area contributed by atoms with Crippen molar-refractivity contribution in [1.82, 2.24) is 20.4 Å². The highest BCUT2D eigenvalue weighted by atomic mass is 127. The molecule has 2 N–H and O–H groups in total. The Morgan fingerprint density at radius 2 is 1.73 bits per heavy atom. The van der Waals surface area contributed by atoms with Crippen LogP contribution in [0.3, 0.4) is 0 Å². The molecule has 1 saturated carbocycles. The summed E-state index contributed by atoms with van der Waals surface area (Å²) in [5, 5.41) is 6.63. The van der Waals surface area contributed by atoms with E-state index < -0.39 is 0 Å². The molecule has 1 heterocycles. The van der Waals surface area contributed by atoms with Gasteiger partial charge in [-0.15, -0.1) is 24.0 Å². The lowest BCUT2D eigenvalue weighted by Crippen LogP contribution is -2.54. The molecule has 1 aromatic carbocycles. The molecule has 2 fully saturated rings. The van der Waals surface area contributed by atoms with Crippen molar-refractivity contribution in [3.63, 3.8) is 0 Å². The zero-order valence-electron chi connectivity index (χ0n) is 19.0. The second kappa shape index (κ2) is 11.3. The summed E-state index contributed by atoms with van der Waals surface area (Å²) in [7, 11) is 1.86. The quantitative estimate of drug-likeness (QED) is 0.340. The Bertz CT molecular complexity index is 711. The Balaban J connectivity index is 0.00000320. The smallest absolute Gasteiger partial charge is 0.234 e. The second-order valence-corrected chi connectivity index (χ2v) is 8.95. The molecule has 30 heavy (non-hydrogen) atoms. The maximum absolute atomic E-state index is 12.0. The first kappa shape index (κ1) is 24.9. The van der Waals surface area contributed by atoms with Gasteiger partial charge in [0.15, 0.2) is 5.96 Å².